The Morgan fingerprint density at radius 2 is 2.40 bits per heavy atom. The van der Waals surface area contributed by atoms with Gasteiger partial charge in [-0.25, -0.2) is 0 Å². The number of aromatic nitrogens is 2. The van der Waals surface area contributed by atoms with Crippen molar-refractivity contribution < 1.29 is 9.90 Å². The summed E-state index contributed by atoms with van der Waals surface area (Å²) >= 11 is 0. The Hall–Kier alpha value is -1.52. The second-order valence-corrected chi connectivity index (χ2v) is 1.52. The lowest BCUT2D eigenvalue weighted by molar-refractivity contribution is -0.122. The van der Waals surface area contributed by atoms with Gasteiger partial charge in [0.05, 0.1) is 0 Å². The maximum Gasteiger partial charge on any atom is 0.290 e. The molecular formula is C5H9N3O2. The van der Waals surface area contributed by atoms with Gasteiger partial charge in [-0.15, -0.1) is 0 Å². The molecule has 3 N–H and O–H groups in total. The Kier molecular flexibility index (Phi) is 3.70. The van der Waals surface area contributed by atoms with Crippen molar-refractivity contribution >= 4 is 12.3 Å². The number of anilines is 1. The molecule has 0 spiro atoms. The molecule has 0 amide bonds. The van der Waals surface area contributed by atoms with E-state index in [4.69, 9.17) is 15.6 Å². The van der Waals surface area contributed by atoms with Crippen LogP contribution < -0.4 is 5.73 Å². The average Bonchev–Trinajstić information content (AvgIpc) is 2.17. The minimum atomic E-state index is -0.250. The van der Waals surface area contributed by atoms with Gasteiger partial charge in [-0.05, 0) is 6.07 Å². The molecule has 0 aliphatic rings. The summed E-state index contributed by atoms with van der Waals surface area (Å²) in [4.78, 5) is 8.36. The number of aryl methyl sites for hydroxylation is 1. The monoisotopic (exact) mass is 143 g/mol. The van der Waals surface area contributed by atoms with Crippen LogP contribution in [0.3, 0.4) is 0 Å². The molecule has 0 aromatic carbocycles. The molecule has 1 aromatic heterocycles. The van der Waals surface area contributed by atoms with Crippen molar-refractivity contribution in [2.24, 2.45) is 7.05 Å². The van der Waals surface area contributed by atoms with Crippen LogP contribution in [0.25, 0.3) is 0 Å². The molecule has 0 saturated carbocycles. The van der Waals surface area contributed by atoms with E-state index in [9.17, 15) is 0 Å². The average molecular weight is 143 g/mol. The number of rotatable bonds is 0. The molecule has 0 aliphatic carbocycles. The molecule has 0 unspecified atom stereocenters. The van der Waals surface area contributed by atoms with Gasteiger partial charge >= 0.3 is 0 Å². The molecule has 10 heavy (non-hydrogen) atoms. The van der Waals surface area contributed by atoms with Crippen LogP contribution in [0, 0.1) is 0 Å². The first-order chi connectivity index (χ1) is 4.70. The molecule has 0 aliphatic heterocycles. The molecule has 0 atom stereocenters. The van der Waals surface area contributed by atoms with E-state index in [-0.39, 0.29) is 6.47 Å². The van der Waals surface area contributed by atoms with Crippen molar-refractivity contribution in [2.75, 3.05) is 5.73 Å². The summed E-state index contributed by atoms with van der Waals surface area (Å²) < 4.78 is 1.66. The van der Waals surface area contributed by atoms with E-state index >= 15 is 0 Å². The molecule has 0 radical (unpaired) electrons. The highest BCUT2D eigenvalue weighted by atomic mass is 16.3. The first-order valence-electron chi connectivity index (χ1n) is 2.53. The lowest BCUT2D eigenvalue weighted by Gasteiger charge is -1.79. The quantitative estimate of drug-likeness (QED) is 0.489. The summed E-state index contributed by atoms with van der Waals surface area (Å²) in [5.41, 5.74) is 5.25. The minimum Gasteiger partial charge on any atom is -0.483 e. The van der Waals surface area contributed by atoms with Crippen molar-refractivity contribution in [1.82, 2.24) is 9.78 Å². The van der Waals surface area contributed by atoms with Gasteiger partial charge in [-0.1, -0.05) is 0 Å². The lowest BCUT2D eigenvalue weighted by Crippen LogP contribution is -1.89. The molecule has 1 heterocycles. The van der Waals surface area contributed by atoms with E-state index in [0.29, 0.717) is 5.82 Å². The second kappa shape index (κ2) is 4.37. The molecule has 1 aromatic rings. The molecule has 0 bridgehead atoms. The predicted octanol–water partition coefficient (Wildman–Crippen LogP) is -0.297. The zero-order valence-corrected chi connectivity index (χ0v) is 5.56. The van der Waals surface area contributed by atoms with Crippen LogP contribution in [-0.2, 0) is 11.8 Å². The molecule has 1 rings (SSSR count). The number of nitrogens with two attached hydrogens (primary N) is 1. The smallest absolute Gasteiger partial charge is 0.290 e. The van der Waals surface area contributed by atoms with E-state index in [2.05, 4.69) is 5.10 Å². The number of carboxylic acid groups (broad SMARTS) is 1. The summed E-state index contributed by atoms with van der Waals surface area (Å²) in [7, 11) is 1.83. The molecular weight excluding hydrogens is 134 g/mol. The van der Waals surface area contributed by atoms with Crippen LogP contribution >= 0.6 is 0 Å². The number of nitrogens with zero attached hydrogens (tertiary/aromatic N) is 2. The summed E-state index contributed by atoms with van der Waals surface area (Å²) in [6.07, 6.45) is 1.80. The van der Waals surface area contributed by atoms with Crippen LogP contribution in [0.2, 0.25) is 0 Å². The van der Waals surface area contributed by atoms with Crippen molar-refractivity contribution in [2.45, 2.75) is 0 Å². The SMILES string of the molecule is Cn1ccc(N)n1.O=CO. The zero-order valence-electron chi connectivity index (χ0n) is 5.56. The maximum atomic E-state index is 8.36. The van der Waals surface area contributed by atoms with Gasteiger partial charge < -0.3 is 10.8 Å². The fraction of sp³-hybridized carbons (Fsp3) is 0.200. The Morgan fingerprint density at radius 3 is 2.50 bits per heavy atom. The normalized spacial score (nSPS) is 7.70. The van der Waals surface area contributed by atoms with Gasteiger partial charge in [0, 0.05) is 13.2 Å². The number of carbonyl (C=O) groups is 1. The fourth-order valence-electron chi connectivity index (χ4n) is 0.433. The molecule has 0 fully saturated rings. The predicted molar refractivity (Wildman–Crippen MR) is 36.3 cm³/mol. The lowest BCUT2D eigenvalue weighted by atomic mass is 10.7. The van der Waals surface area contributed by atoms with Crippen LogP contribution in [0.4, 0.5) is 5.82 Å². The highest BCUT2D eigenvalue weighted by molar-refractivity contribution is 5.32. The van der Waals surface area contributed by atoms with Gasteiger partial charge in [0.25, 0.3) is 6.47 Å². The Labute approximate surface area is 58.1 Å². The van der Waals surface area contributed by atoms with E-state index < -0.39 is 0 Å². The van der Waals surface area contributed by atoms with Gasteiger partial charge in [-0.3, -0.25) is 9.48 Å². The number of nitrogen functional groups attached to an aromatic ring is 1. The van der Waals surface area contributed by atoms with Crippen molar-refractivity contribution in [3.8, 4) is 0 Å². The van der Waals surface area contributed by atoms with Crippen molar-refractivity contribution in [3.63, 3.8) is 0 Å². The second-order valence-electron chi connectivity index (χ2n) is 1.52. The Morgan fingerprint density at radius 1 is 1.90 bits per heavy atom. The van der Waals surface area contributed by atoms with Gasteiger partial charge in [0.1, 0.15) is 5.82 Å². The molecule has 0 saturated heterocycles. The summed E-state index contributed by atoms with van der Waals surface area (Å²) in [6, 6.07) is 1.75. The standard InChI is InChI=1S/C4H7N3.CH2O2/c1-7-3-2-4(5)6-7;2-1-3/h2-3H,1H3,(H2,5,6);1H,(H,2,3). The fourth-order valence-corrected chi connectivity index (χ4v) is 0.433. The van der Waals surface area contributed by atoms with Crippen LogP contribution in [0.5, 0.6) is 0 Å². The van der Waals surface area contributed by atoms with Crippen LogP contribution in [0.1, 0.15) is 0 Å². The third kappa shape index (κ3) is 3.48. The van der Waals surface area contributed by atoms with Gasteiger partial charge in [0.2, 0.25) is 0 Å². The summed E-state index contributed by atoms with van der Waals surface area (Å²) in [5.74, 6) is 0.572. The van der Waals surface area contributed by atoms with E-state index in [1.54, 1.807) is 16.9 Å². The van der Waals surface area contributed by atoms with E-state index in [1.807, 2.05) is 7.05 Å². The summed E-state index contributed by atoms with van der Waals surface area (Å²) in [6.45, 7) is -0.250. The Balaban J connectivity index is 0.000000236. The van der Waals surface area contributed by atoms with Gasteiger partial charge in [0.15, 0.2) is 0 Å². The summed E-state index contributed by atoms with van der Waals surface area (Å²) in [5, 5.41) is 10.7. The Bertz CT molecular complexity index is 180. The number of hydrogen-bond donors (Lipinski definition) is 2. The van der Waals surface area contributed by atoms with Gasteiger partial charge in [-0.2, -0.15) is 5.10 Å². The highest BCUT2D eigenvalue weighted by Gasteiger charge is 1.82. The first-order valence-corrected chi connectivity index (χ1v) is 2.53. The first kappa shape index (κ1) is 8.48. The minimum absolute atomic E-state index is 0.250. The van der Waals surface area contributed by atoms with E-state index in [0.717, 1.165) is 0 Å². The van der Waals surface area contributed by atoms with Crippen LogP contribution in [0.15, 0.2) is 12.3 Å². The van der Waals surface area contributed by atoms with E-state index in [1.165, 1.54) is 0 Å². The van der Waals surface area contributed by atoms with Crippen LogP contribution in [-0.4, -0.2) is 21.4 Å². The van der Waals surface area contributed by atoms with Crippen molar-refractivity contribution in [1.29, 1.82) is 0 Å². The third-order valence-corrected chi connectivity index (χ3v) is 0.734. The molecule has 5 heteroatoms. The maximum absolute atomic E-state index is 8.36. The third-order valence-electron chi connectivity index (χ3n) is 0.734. The number of hydrogen-bond acceptors (Lipinski definition) is 3. The topological polar surface area (TPSA) is 81.1 Å². The molecule has 5 nitrogen and oxygen atoms in total. The largest absolute Gasteiger partial charge is 0.483 e. The highest BCUT2D eigenvalue weighted by Crippen LogP contribution is 1.90. The van der Waals surface area contributed by atoms with Crippen molar-refractivity contribution in [3.05, 3.63) is 12.3 Å². The zero-order chi connectivity index (χ0) is 7.98. The molecule has 56 valence electrons.